The summed E-state index contributed by atoms with van der Waals surface area (Å²) >= 11 is 0. The monoisotopic (exact) mass is 435 g/mol. The van der Waals surface area contributed by atoms with Crippen LogP contribution in [0.5, 0.6) is 0 Å². The summed E-state index contributed by atoms with van der Waals surface area (Å²) in [6.07, 6.45) is 1.58. The van der Waals surface area contributed by atoms with Gasteiger partial charge in [-0.2, -0.15) is 0 Å². The molecule has 0 spiro atoms. The van der Waals surface area contributed by atoms with Crippen LogP contribution >= 0.6 is 0 Å². The zero-order chi connectivity index (χ0) is 21.9. The van der Waals surface area contributed by atoms with Crippen molar-refractivity contribution in [1.29, 1.82) is 0 Å². The number of nitrogens with zero attached hydrogens (tertiary/aromatic N) is 1. The number of sulfonamides is 1. The lowest BCUT2D eigenvalue weighted by Crippen LogP contribution is -2.26. The number of carbonyl (C=O) groups excluding carboxylic acids is 1. The van der Waals surface area contributed by atoms with Crippen molar-refractivity contribution in [1.82, 2.24) is 10.3 Å². The molecule has 3 rings (SSSR count). The smallest absolute Gasteiger partial charge is 0.238 e. The van der Waals surface area contributed by atoms with Crippen LogP contribution in [0.1, 0.15) is 30.8 Å². The highest BCUT2D eigenvalue weighted by Gasteiger charge is 2.15. The number of hydrogen-bond acceptors (Lipinski definition) is 5. The molecule has 158 valence electrons. The van der Waals surface area contributed by atoms with Gasteiger partial charge in [0.05, 0.1) is 22.7 Å². The highest BCUT2D eigenvalue weighted by atomic mass is 32.2. The van der Waals surface area contributed by atoms with E-state index in [1.165, 1.54) is 24.4 Å². The Labute approximate surface area is 172 Å². The second kappa shape index (κ2) is 8.72. The van der Waals surface area contributed by atoms with Crippen LogP contribution < -0.4 is 10.5 Å². The van der Waals surface area contributed by atoms with E-state index >= 15 is 0 Å². The van der Waals surface area contributed by atoms with E-state index in [9.17, 15) is 22.0 Å². The van der Waals surface area contributed by atoms with Crippen LogP contribution in [0.25, 0.3) is 11.3 Å². The molecule has 0 fully saturated rings. The predicted molar refractivity (Wildman–Crippen MR) is 105 cm³/mol. The summed E-state index contributed by atoms with van der Waals surface area (Å²) in [5.41, 5.74) is 0.789. The van der Waals surface area contributed by atoms with E-state index in [2.05, 4.69) is 10.3 Å². The topological polar surface area (TPSA) is 115 Å². The zero-order valence-electron chi connectivity index (χ0n) is 15.9. The van der Waals surface area contributed by atoms with Crippen LogP contribution in [0.15, 0.2) is 58.0 Å². The SMILES string of the molecule is C[C@@H](NC(=O)CCc1ncc(-c2ccc(F)cc2F)o1)c1ccc(S(N)(=O)=O)cc1. The number of oxazole rings is 1. The standard InChI is InChI=1S/C20H19F2N3O4S/c1-12(13-2-5-15(6-3-13)30(23,27)28)25-19(26)8-9-20-24-11-18(29-20)16-7-4-14(21)10-17(16)22/h2-7,10-12H,8-9H2,1H3,(H,25,26)(H2,23,27,28)/t12-/m1/s1. The molecule has 1 atom stereocenters. The molecule has 0 unspecified atom stereocenters. The minimum Gasteiger partial charge on any atom is -0.441 e. The van der Waals surface area contributed by atoms with Gasteiger partial charge >= 0.3 is 0 Å². The Morgan fingerprint density at radius 3 is 2.53 bits per heavy atom. The highest BCUT2D eigenvalue weighted by molar-refractivity contribution is 7.89. The first-order chi connectivity index (χ1) is 14.1. The molecule has 7 nitrogen and oxygen atoms in total. The Kier molecular flexibility index (Phi) is 6.28. The summed E-state index contributed by atoms with van der Waals surface area (Å²) in [6.45, 7) is 1.75. The van der Waals surface area contributed by atoms with Crippen molar-refractivity contribution in [3.05, 3.63) is 71.8 Å². The van der Waals surface area contributed by atoms with Gasteiger partial charge in [0.15, 0.2) is 11.7 Å². The molecule has 10 heteroatoms. The number of rotatable bonds is 7. The number of carbonyl (C=O) groups is 1. The molecule has 0 radical (unpaired) electrons. The number of hydrogen-bond donors (Lipinski definition) is 2. The molecule has 1 amide bonds. The molecule has 30 heavy (non-hydrogen) atoms. The molecule has 1 aromatic heterocycles. The van der Waals surface area contributed by atoms with Crippen LogP contribution in [-0.4, -0.2) is 19.3 Å². The number of nitrogens with two attached hydrogens (primary N) is 1. The molecule has 3 N–H and O–H groups in total. The second-order valence-corrected chi connectivity index (χ2v) is 8.21. The maximum Gasteiger partial charge on any atom is 0.238 e. The first-order valence-electron chi connectivity index (χ1n) is 8.96. The van der Waals surface area contributed by atoms with Crippen molar-refractivity contribution in [2.45, 2.75) is 30.7 Å². The van der Waals surface area contributed by atoms with Gasteiger partial charge in [-0.15, -0.1) is 0 Å². The molecule has 0 saturated heterocycles. The highest BCUT2D eigenvalue weighted by Crippen LogP contribution is 2.24. The Balaban J connectivity index is 1.56. The Morgan fingerprint density at radius 1 is 1.20 bits per heavy atom. The van der Waals surface area contributed by atoms with E-state index in [0.29, 0.717) is 5.56 Å². The number of nitrogens with one attached hydrogen (secondary N) is 1. The summed E-state index contributed by atoms with van der Waals surface area (Å²) in [6, 6.07) is 8.65. The third-order valence-corrected chi connectivity index (χ3v) is 5.33. The lowest BCUT2D eigenvalue weighted by molar-refractivity contribution is -0.121. The lowest BCUT2D eigenvalue weighted by atomic mass is 10.1. The van der Waals surface area contributed by atoms with Crippen molar-refractivity contribution in [2.24, 2.45) is 5.14 Å². The van der Waals surface area contributed by atoms with E-state index in [1.807, 2.05) is 0 Å². The van der Waals surface area contributed by atoms with Gasteiger partial charge in [-0.25, -0.2) is 27.3 Å². The molecule has 2 aromatic carbocycles. The molecular formula is C20H19F2N3O4S. The minimum atomic E-state index is -3.78. The number of primary sulfonamides is 1. The normalized spacial score (nSPS) is 12.5. The minimum absolute atomic E-state index is 0.0120. The van der Waals surface area contributed by atoms with Crippen molar-refractivity contribution in [3.63, 3.8) is 0 Å². The summed E-state index contributed by atoms with van der Waals surface area (Å²) in [5.74, 6) is -1.34. The fourth-order valence-electron chi connectivity index (χ4n) is 2.80. The summed E-state index contributed by atoms with van der Waals surface area (Å²) < 4.78 is 54.9. The lowest BCUT2D eigenvalue weighted by Gasteiger charge is -2.14. The van der Waals surface area contributed by atoms with Gasteiger partial charge in [-0.3, -0.25) is 4.79 Å². The number of halogens is 2. The summed E-state index contributed by atoms with van der Waals surface area (Å²) in [4.78, 5) is 16.2. The van der Waals surface area contributed by atoms with Gasteiger partial charge in [0.2, 0.25) is 15.9 Å². The Morgan fingerprint density at radius 2 is 1.90 bits per heavy atom. The maximum absolute atomic E-state index is 13.8. The van der Waals surface area contributed by atoms with E-state index in [-0.39, 0.29) is 46.9 Å². The van der Waals surface area contributed by atoms with Crippen molar-refractivity contribution < 1.29 is 26.4 Å². The quantitative estimate of drug-likeness (QED) is 0.592. The fourth-order valence-corrected chi connectivity index (χ4v) is 3.32. The van der Waals surface area contributed by atoms with E-state index in [1.54, 1.807) is 19.1 Å². The number of aromatic nitrogens is 1. The second-order valence-electron chi connectivity index (χ2n) is 6.65. The Hall–Kier alpha value is -3.11. The van der Waals surface area contributed by atoms with Gasteiger partial charge in [0.25, 0.3) is 0 Å². The number of amides is 1. The third kappa shape index (κ3) is 5.28. The number of benzene rings is 2. The molecule has 3 aromatic rings. The first kappa shape index (κ1) is 21.6. The molecule has 1 heterocycles. The van der Waals surface area contributed by atoms with Gasteiger partial charge < -0.3 is 9.73 Å². The molecular weight excluding hydrogens is 416 g/mol. The van der Waals surface area contributed by atoms with E-state index < -0.39 is 21.7 Å². The average Bonchev–Trinajstić information content (AvgIpc) is 3.14. The van der Waals surface area contributed by atoms with Crippen LogP contribution in [0.3, 0.4) is 0 Å². The zero-order valence-corrected chi connectivity index (χ0v) is 16.7. The Bertz CT molecular complexity index is 1160. The molecule has 0 aliphatic rings. The largest absolute Gasteiger partial charge is 0.441 e. The number of aryl methyl sites for hydroxylation is 1. The van der Waals surface area contributed by atoms with Gasteiger partial charge in [-0.1, -0.05) is 12.1 Å². The molecule has 0 saturated carbocycles. The first-order valence-corrected chi connectivity index (χ1v) is 10.5. The fraction of sp³-hybridized carbons (Fsp3) is 0.200. The predicted octanol–water partition coefficient (Wildman–Crippen LogP) is 3.08. The summed E-state index contributed by atoms with van der Waals surface area (Å²) in [5, 5.41) is 7.85. The van der Waals surface area contributed by atoms with Crippen LogP contribution in [0.2, 0.25) is 0 Å². The maximum atomic E-state index is 13.8. The van der Waals surface area contributed by atoms with Crippen LogP contribution in [0.4, 0.5) is 8.78 Å². The van der Waals surface area contributed by atoms with Gasteiger partial charge in [0.1, 0.15) is 11.6 Å². The average molecular weight is 435 g/mol. The van der Waals surface area contributed by atoms with E-state index in [4.69, 9.17) is 9.56 Å². The van der Waals surface area contributed by atoms with E-state index in [0.717, 1.165) is 12.1 Å². The van der Waals surface area contributed by atoms with Gasteiger partial charge in [0, 0.05) is 18.9 Å². The summed E-state index contributed by atoms with van der Waals surface area (Å²) in [7, 11) is -3.78. The molecule has 0 aliphatic carbocycles. The molecule has 0 aliphatic heterocycles. The van der Waals surface area contributed by atoms with Crippen LogP contribution in [-0.2, 0) is 21.2 Å². The van der Waals surface area contributed by atoms with Crippen molar-refractivity contribution in [3.8, 4) is 11.3 Å². The van der Waals surface area contributed by atoms with Crippen molar-refractivity contribution in [2.75, 3.05) is 0 Å². The van der Waals surface area contributed by atoms with Crippen molar-refractivity contribution >= 4 is 15.9 Å². The third-order valence-electron chi connectivity index (χ3n) is 4.40. The van der Waals surface area contributed by atoms with Gasteiger partial charge in [-0.05, 0) is 36.8 Å². The van der Waals surface area contributed by atoms with Crippen LogP contribution in [0, 0.1) is 11.6 Å². The molecule has 0 bridgehead atoms.